The molecule has 1 N–H and O–H groups in total. The molecule has 1 heterocycles. The molecular weight excluding hydrogens is 266 g/mol. The largest absolute Gasteiger partial charge is 0.465 e. The quantitative estimate of drug-likeness (QED) is 0.874. The van der Waals surface area contributed by atoms with Crippen LogP contribution in [-0.2, 0) is 18.3 Å². The van der Waals surface area contributed by atoms with E-state index in [4.69, 9.17) is 11.6 Å². The number of benzene rings is 1. The van der Waals surface area contributed by atoms with Crippen molar-refractivity contribution in [3.8, 4) is 0 Å². The van der Waals surface area contributed by atoms with Crippen molar-refractivity contribution in [1.82, 2.24) is 9.55 Å². The Hall–Kier alpha value is -2.01. The predicted octanol–water partition coefficient (Wildman–Crippen LogP) is 2.47. The second-order valence-corrected chi connectivity index (χ2v) is 4.44. The monoisotopic (exact) mass is 279 g/mol. The van der Waals surface area contributed by atoms with E-state index in [1.807, 2.05) is 11.6 Å². The zero-order valence-electron chi connectivity index (χ0n) is 10.7. The van der Waals surface area contributed by atoms with Gasteiger partial charge in [-0.2, -0.15) is 0 Å². The van der Waals surface area contributed by atoms with Crippen molar-refractivity contribution < 1.29 is 9.53 Å². The SMILES string of the molecule is COC(=O)c1ccc(Cl)c(NCc2cncn2C)c1. The molecule has 6 heteroatoms. The first-order valence-electron chi connectivity index (χ1n) is 5.68. The lowest BCUT2D eigenvalue weighted by molar-refractivity contribution is 0.0601. The molecule has 100 valence electrons. The third kappa shape index (κ3) is 3.06. The van der Waals surface area contributed by atoms with Gasteiger partial charge >= 0.3 is 5.97 Å². The number of nitrogens with zero attached hydrogens (tertiary/aromatic N) is 2. The fraction of sp³-hybridized carbons (Fsp3) is 0.231. The summed E-state index contributed by atoms with van der Waals surface area (Å²) in [5, 5.41) is 3.73. The first-order chi connectivity index (χ1) is 9.11. The third-order valence-electron chi connectivity index (χ3n) is 2.76. The Kier molecular flexibility index (Phi) is 4.06. The van der Waals surface area contributed by atoms with Gasteiger partial charge in [-0.1, -0.05) is 11.6 Å². The Labute approximate surface area is 116 Å². The number of halogens is 1. The average Bonchev–Trinajstić information content (AvgIpc) is 2.82. The lowest BCUT2D eigenvalue weighted by Gasteiger charge is -2.10. The Morgan fingerprint density at radius 1 is 1.53 bits per heavy atom. The van der Waals surface area contributed by atoms with Gasteiger partial charge in [0.1, 0.15) is 0 Å². The van der Waals surface area contributed by atoms with Crippen LogP contribution >= 0.6 is 11.6 Å². The highest BCUT2D eigenvalue weighted by Crippen LogP contribution is 2.24. The topological polar surface area (TPSA) is 56.1 Å². The Bertz CT molecular complexity index is 595. The van der Waals surface area contributed by atoms with Gasteiger partial charge < -0.3 is 14.6 Å². The minimum atomic E-state index is -0.389. The molecule has 1 aromatic heterocycles. The molecule has 0 aliphatic carbocycles. The van der Waals surface area contributed by atoms with Gasteiger partial charge in [0.15, 0.2) is 0 Å². The minimum absolute atomic E-state index is 0.389. The second kappa shape index (κ2) is 5.75. The van der Waals surface area contributed by atoms with Gasteiger partial charge in [-0.05, 0) is 18.2 Å². The smallest absolute Gasteiger partial charge is 0.337 e. The molecule has 0 aliphatic heterocycles. The molecule has 0 spiro atoms. The lowest BCUT2D eigenvalue weighted by Crippen LogP contribution is -2.06. The molecule has 1 aromatic carbocycles. The fourth-order valence-corrected chi connectivity index (χ4v) is 1.83. The van der Waals surface area contributed by atoms with E-state index in [1.165, 1.54) is 7.11 Å². The standard InChI is InChI=1S/C13H14ClN3O2/c1-17-8-15-6-10(17)7-16-12-5-9(13(18)19-2)3-4-11(12)14/h3-6,8,16H,7H2,1-2H3. The Morgan fingerprint density at radius 2 is 2.32 bits per heavy atom. The van der Waals surface area contributed by atoms with E-state index in [0.717, 1.165) is 5.69 Å². The number of aromatic nitrogens is 2. The molecule has 0 bridgehead atoms. The maximum Gasteiger partial charge on any atom is 0.337 e. The molecule has 0 radical (unpaired) electrons. The van der Waals surface area contributed by atoms with Crippen LogP contribution in [0.25, 0.3) is 0 Å². The summed E-state index contributed by atoms with van der Waals surface area (Å²) >= 11 is 6.09. The minimum Gasteiger partial charge on any atom is -0.465 e. The molecule has 0 fully saturated rings. The number of nitrogens with one attached hydrogen (secondary N) is 1. The number of rotatable bonds is 4. The van der Waals surface area contributed by atoms with E-state index in [1.54, 1.807) is 30.7 Å². The van der Waals surface area contributed by atoms with Crippen LogP contribution < -0.4 is 5.32 Å². The van der Waals surface area contributed by atoms with Crippen molar-refractivity contribution in [2.45, 2.75) is 6.54 Å². The summed E-state index contributed by atoms with van der Waals surface area (Å²) in [6.07, 6.45) is 3.49. The highest BCUT2D eigenvalue weighted by atomic mass is 35.5. The average molecular weight is 280 g/mol. The van der Waals surface area contributed by atoms with Crippen LogP contribution in [-0.4, -0.2) is 22.6 Å². The highest BCUT2D eigenvalue weighted by Gasteiger charge is 2.09. The lowest BCUT2D eigenvalue weighted by atomic mass is 10.2. The summed E-state index contributed by atoms with van der Waals surface area (Å²) in [6.45, 7) is 0.570. The summed E-state index contributed by atoms with van der Waals surface area (Å²) in [4.78, 5) is 15.5. The zero-order chi connectivity index (χ0) is 13.8. The van der Waals surface area contributed by atoms with Gasteiger partial charge in [0.25, 0.3) is 0 Å². The van der Waals surface area contributed by atoms with Crippen molar-refractivity contribution >= 4 is 23.3 Å². The summed E-state index contributed by atoms with van der Waals surface area (Å²) in [5.74, 6) is -0.389. The van der Waals surface area contributed by atoms with Crippen molar-refractivity contribution in [3.63, 3.8) is 0 Å². The Morgan fingerprint density at radius 3 is 2.95 bits per heavy atom. The molecule has 2 rings (SSSR count). The number of ether oxygens (including phenoxy) is 1. The molecule has 5 nitrogen and oxygen atoms in total. The molecule has 0 aliphatic rings. The summed E-state index contributed by atoms with van der Waals surface area (Å²) in [5.41, 5.74) is 2.16. The fourth-order valence-electron chi connectivity index (χ4n) is 1.65. The van der Waals surface area contributed by atoms with E-state index in [9.17, 15) is 4.79 Å². The first kappa shape index (κ1) is 13.4. The second-order valence-electron chi connectivity index (χ2n) is 4.04. The van der Waals surface area contributed by atoms with E-state index < -0.39 is 0 Å². The molecule has 0 saturated carbocycles. The molecule has 0 saturated heterocycles. The predicted molar refractivity (Wildman–Crippen MR) is 73.3 cm³/mol. The number of carbonyl (C=O) groups excluding carboxylic acids is 1. The van der Waals surface area contributed by atoms with E-state index in [-0.39, 0.29) is 5.97 Å². The van der Waals surface area contributed by atoms with Crippen LogP contribution in [0.15, 0.2) is 30.7 Å². The molecular formula is C13H14ClN3O2. The van der Waals surface area contributed by atoms with Crippen molar-refractivity contribution in [3.05, 3.63) is 47.0 Å². The summed E-state index contributed by atoms with van der Waals surface area (Å²) in [6, 6.07) is 4.97. The van der Waals surface area contributed by atoms with Crippen molar-refractivity contribution in [2.75, 3.05) is 12.4 Å². The van der Waals surface area contributed by atoms with Gasteiger partial charge in [0.2, 0.25) is 0 Å². The molecule has 2 aromatic rings. The van der Waals surface area contributed by atoms with Crippen LogP contribution in [0.5, 0.6) is 0 Å². The maximum atomic E-state index is 11.5. The number of anilines is 1. The van der Waals surface area contributed by atoms with Crippen LogP contribution in [0.3, 0.4) is 0 Å². The number of carbonyl (C=O) groups is 1. The molecule has 19 heavy (non-hydrogen) atoms. The number of hydrogen-bond donors (Lipinski definition) is 1. The van der Waals surface area contributed by atoms with Crippen LogP contribution in [0.2, 0.25) is 5.02 Å². The van der Waals surface area contributed by atoms with E-state index in [2.05, 4.69) is 15.0 Å². The van der Waals surface area contributed by atoms with Gasteiger partial charge in [0, 0.05) is 13.2 Å². The molecule has 0 amide bonds. The normalized spacial score (nSPS) is 10.3. The molecule has 0 atom stereocenters. The zero-order valence-corrected chi connectivity index (χ0v) is 11.4. The Balaban J connectivity index is 2.15. The number of esters is 1. The number of methoxy groups -OCH3 is 1. The first-order valence-corrected chi connectivity index (χ1v) is 6.06. The van der Waals surface area contributed by atoms with Crippen LogP contribution in [0.4, 0.5) is 5.69 Å². The summed E-state index contributed by atoms with van der Waals surface area (Å²) in [7, 11) is 3.26. The van der Waals surface area contributed by atoms with Crippen LogP contribution in [0.1, 0.15) is 16.1 Å². The van der Waals surface area contributed by atoms with Gasteiger partial charge in [-0.15, -0.1) is 0 Å². The highest BCUT2D eigenvalue weighted by molar-refractivity contribution is 6.33. The summed E-state index contributed by atoms with van der Waals surface area (Å²) < 4.78 is 6.58. The van der Waals surface area contributed by atoms with Crippen molar-refractivity contribution in [2.24, 2.45) is 7.05 Å². The molecule has 0 unspecified atom stereocenters. The van der Waals surface area contributed by atoms with Gasteiger partial charge in [-0.25, -0.2) is 9.78 Å². The van der Waals surface area contributed by atoms with E-state index in [0.29, 0.717) is 22.8 Å². The van der Waals surface area contributed by atoms with E-state index >= 15 is 0 Å². The van der Waals surface area contributed by atoms with Crippen LogP contribution in [0, 0.1) is 0 Å². The van der Waals surface area contributed by atoms with Gasteiger partial charge in [0.05, 0.1) is 41.9 Å². The number of aryl methyl sites for hydroxylation is 1. The van der Waals surface area contributed by atoms with Crippen molar-refractivity contribution in [1.29, 1.82) is 0 Å². The number of hydrogen-bond acceptors (Lipinski definition) is 4. The maximum absolute atomic E-state index is 11.5. The number of imidazole rings is 1. The third-order valence-corrected chi connectivity index (χ3v) is 3.09. The van der Waals surface area contributed by atoms with Gasteiger partial charge in [-0.3, -0.25) is 0 Å².